The Morgan fingerprint density at radius 1 is 1.00 bits per heavy atom. The van der Waals surface area contributed by atoms with Gasteiger partial charge in [0, 0.05) is 36.1 Å². The van der Waals surface area contributed by atoms with Crippen LogP contribution in [0, 0.1) is 10.1 Å². The van der Waals surface area contributed by atoms with Crippen LogP contribution in [0.1, 0.15) is 42.2 Å². The van der Waals surface area contributed by atoms with Crippen molar-refractivity contribution >= 4 is 29.0 Å². The summed E-state index contributed by atoms with van der Waals surface area (Å²) in [6.07, 6.45) is 0.773. The van der Waals surface area contributed by atoms with Crippen molar-refractivity contribution in [2.24, 2.45) is 0 Å². The predicted octanol–water partition coefficient (Wildman–Crippen LogP) is 4.27. The highest BCUT2D eigenvalue weighted by molar-refractivity contribution is 6.32. The highest BCUT2D eigenvalue weighted by Gasteiger charge is 2.39. The topological polar surface area (TPSA) is 108 Å². The number of ketones is 1. The zero-order valence-electron chi connectivity index (χ0n) is 17.5. The number of hydrogen-bond acceptors (Lipinski definition) is 6. The first-order valence-corrected chi connectivity index (χ1v) is 10.4. The number of allylic oxidation sites excluding steroid dienone is 2. The Morgan fingerprint density at radius 3 is 2.41 bits per heavy atom. The van der Waals surface area contributed by atoms with Crippen LogP contribution in [0.15, 0.2) is 47.7 Å². The van der Waals surface area contributed by atoms with E-state index in [0.29, 0.717) is 34.8 Å². The van der Waals surface area contributed by atoms with Gasteiger partial charge < -0.3 is 14.8 Å². The lowest BCUT2D eigenvalue weighted by Gasteiger charge is -2.34. The van der Waals surface area contributed by atoms with Gasteiger partial charge in [0.25, 0.3) is 5.69 Å². The summed E-state index contributed by atoms with van der Waals surface area (Å²) in [6, 6.07) is 9.93. The molecule has 2 atom stereocenters. The molecule has 1 aliphatic heterocycles. The largest absolute Gasteiger partial charge is 0.493 e. The summed E-state index contributed by atoms with van der Waals surface area (Å²) in [7, 11) is 3.10. The maximum Gasteiger partial charge on any atom is 0.288 e. The van der Waals surface area contributed by atoms with E-state index in [-0.39, 0.29) is 41.2 Å². The molecule has 0 bridgehead atoms. The van der Waals surface area contributed by atoms with Crippen LogP contribution in [0.4, 0.5) is 5.69 Å². The van der Waals surface area contributed by atoms with Crippen molar-refractivity contribution in [1.29, 1.82) is 0 Å². The molecular weight excluding hydrogens is 436 g/mol. The summed E-state index contributed by atoms with van der Waals surface area (Å²) in [6.45, 7) is 0. The molecule has 2 aromatic rings. The molecule has 0 radical (unpaired) electrons. The summed E-state index contributed by atoms with van der Waals surface area (Å²) in [4.78, 5) is 36.4. The van der Waals surface area contributed by atoms with E-state index >= 15 is 0 Å². The van der Waals surface area contributed by atoms with Gasteiger partial charge in [0.1, 0.15) is 5.02 Å². The quantitative estimate of drug-likeness (QED) is 0.531. The summed E-state index contributed by atoms with van der Waals surface area (Å²) < 4.78 is 10.7. The number of rotatable bonds is 5. The van der Waals surface area contributed by atoms with Gasteiger partial charge >= 0.3 is 0 Å². The average Bonchev–Trinajstić information content (AvgIpc) is 2.77. The second-order valence-corrected chi connectivity index (χ2v) is 8.22. The molecule has 0 spiro atoms. The first kappa shape index (κ1) is 21.8. The average molecular weight is 457 g/mol. The maximum atomic E-state index is 13.2. The molecule has 1 heterocycles. The molecule has 166 valence electrons. The molecule has 4 rings (SSSR count). The number of amides is 1. The van der Waals surface area contributed by atoms with Gasteiger partial charge in [-0.05, 0) is 41.7 Å². The summed E-state index contributed by atoms with van der Waals surface area (Å²) in [5, 5.41) is 14.2. The molecule has 0 saturated heterocycles. The number of nitrogens with zero attached hydrogens (tertiary/aromatic N) is 1. The molecule has 9 heteroatoms. The molecule has 1 aliphatic carbocycles. The second-order valence-electron chi connectivity index (χ2n) is 7.81. The molecule has 0 unspecified atom stereocenters. The number of carbonyl (C=O) groups excluding carboxylic acids is 2. The Morgan fingerprint density at radius 2 is 1.72 bits per heavy atom. The molecule has 1 N–H and O–H groups in total. The highest BCUT2D eigenvalue weighted by Crippen LogP contribution is 2.44. The van der Waals surface area contributed by atoms with E-state index in [1.165, 1.54) is 12.1 Å². The molecule has 1 amide bonds. The minimum atomic E-state index is -0.570. The second kappa shape index (κ2) is 8.63. The number of methoxy groups -OCH3 is 2. The number of benzene rings is 2. The van der Waals surface area contributed by atoms with E-state index in [0.717, 1.165) is 5.56 Å². The highest BCUT2D eigenvalue weighted by atomic mass is 35.5. The monoisotopic (exact) mass is 456 g/mol. The number of halogens is 1. The van der Waals surface area contributed by atoms with Gasteiger partial charge in [-0.25, -0.2) is 0 Å². The van der Waals surface area contributed by atoms with E-state index < -0.39 is 10.8 Å². The Hall–Kier alpha value is -3.39. The van der Waals surface area contributed by atoms with E-state index in [1.54, 1.807) is 26.4 Å². The van der Waals surface area contributed by atoms with Crippen molar-refractivity contribution in [3.05, 3.63) is 73.9 Å². The van der Waals surface area contributed by atoms with Crippen LogP contribution in [0.5, 0.6) is 11.5 Å². The number of carbonyl (C=O) groups is 2. The number of hydrogen-bond donors (Lipinski definition) is 1. The Kier molecular flexibility index (Phi) is 5.88. The first-order valence-electron chi connectivity index (χ1n) is 10.0. The third-order valence-electron chi connectivity index (χ3n) is 5.98. The minimum Gasteiger partial charge on any atom is -0.493 e. The minimum absolute atomic E-state index is 0.0108. The molecule has 2 aromatic carbocycles. The summed E-state index contributed by atoms with van der Waals surface area (Å²) >= 11 is 5.94. The van der Waals surface area contributed by atoms with Gasteiger partial charge in [-0.3, -0.25) is 19.7 Å². The summed E-state index contributed by atoms with van der Waals surface area (Å²) in [5.74, 6) is 0.152. The van der Waals surface area contributed by atoms with Gasteiger partial charge in [0.15, 0.2) is 17.3 Å². The van der Waals surface area contributed by atoms with E-state index in [2.05, 4.69) is 5.32 Å². The molecule has 2 aliphatic rings. The van der Waals surface area contributed by atoms with Crippen LogP contribution in [0.2, 0.25) is 5.02 Å². The number of ether oxygens (including phenoxy) is 2. The van der Waals surface area contributed by atoms with Crippen LogP contribution in [0.3, 0.4) is 0 Å². The Bertz CT molecular complexity index is 1160. The lowest BCUT2D eigenvalue weighted by Crippen LogP contribution is -2.38. The predicted molar refractivity (Wildman–Crippen MR) is 117 cm³/mol. The lowest BCUT2D eigenvalue weighted by molar-refractivity contribution is -0.384. The molecule has 0 saturated carbocycles. The van der Waals surface area contributed by atoms with E-state index in [4.69, 9.17) is 21.1 Å². The molecule has 8 nitrogen and oxygen atoms in total. The van der Waals surface area contributed by atoms with Gasteiger partial charge in [0.2, 0.25) is 5.91 Å². The van der Waals surface area contributed by atoms with Crippen LogP contribution < -0.4 is 14.8 Å². The van der Waals surface area contributed by atoms with Crippen LogP contribution in [-0.4, -0.2) is 30.8 Å². The number of Topliss-reactive ketones (excluding diaryl/α,β-unsaturated/α-hetero) is 1. The zero-order valence-corrected chi connectivity index (χ0v) is 18.3. The smallest absolute Gasteiger partial charge is 0.288 e. The van der Waals surface area contributed by atoms with Crippen LogP contribution in [0.25, 0.3) is 0 Å². The SMILES string of the molecule is COc1ccc([C@@H]2CC(=O)C3=C(C2)NC(=O)C[C@H]3c2ccc(Cl)c([N+](=O)[O-])c2)cc1OC. The fraction of sp³-hybridized carbons (Fsp3) is 0.304. The normalized spacial score (nSPS) is 20.5. The molecule has 0 fully saturated rings. The molecular formula is C23H21ClN2O6. The van der Waals surface area contributed by atoms with Gasteiger partial charge in [0.05, 0.1) is 19.1 Å². The van der Waals surface area contributed by atoms with Gasteiger partial charge in [-0.1, -0.05) is 23.7 Å². The van der Waals surface area contributed by atoms with E-state index in [9.17, 15) is 19.7 Å². The van der Waals surface area contributed by atoms with Crippen molar-refractivity contribution in [2.45, 2.75) is 31.1 Å². The number of nitrogens with one attached hydrogen (secondary N) is 1. The van der Waals surface area contributed by atoms with Gasteiger partial charge in [-0.15, -0.1) is 0 Å². The summed E-state index contributed by atoms with van der Waals surface area (Å²) in [5.41, 5.74) is 2.27. The van der Waals surface area contributed by atoms with Crippen molar-refractivity contribution in [2.75, 3.05) is 14.2 Å². The van der Waals surface area contributed by atoms with Crippen LogP contribution >= 0.6 is 11.6 Å². The third-order valence-corrected chi connectivity index (χ3v) is 6.30. The van der Waals surface area contributed by atoms with Crippen LogP contribution in [-0.2, 0) is 9.59 Å². The lowest BCUT2D eigenvalue weighted by atomic mass is 9.73. The fourth-order valence-electron chi connectivity index (χ4n) is 4.47. The Balaban J connectivity index is 1.71. The van der Waals surface area contributed by atoms with Gasteiger partial charge in [-0.2, -0.15) is 0 Å². The van der Waals surface area contributed by atoms with Crippen molar-refractivity contribution in [3.63, 3.8) is 0 Å². The zero-order chi connectivity index (χ0) is 23.0. The van der Waals surface area contributed by atoms with Crippen molar-refractivity contribution in [3.8, 4) is 11.5 Å². The maximum absolute atomic E-state index is 13.2. The first-order chi connectivity index (χ1) is 15.3. The molecule has 0 aromatic heterocycles. The standard InChI is InChI=1S/C23H21ClN2O6/c1-31-20-6-4-12(10-21(20)32-2)14-7-17-23(19(27)9-14)15(11-22(28)25-17)13-3-5-16(24)18(8-13)26(29)30/h3-6,8,10,14-15H,7,9,11H2,1-2H3,(H,25,28)/t14-,15-/m0/s1. The fourth-order valence-corrected chi connectivity index (χ4v) is 4.66. The number of nitro groups is 1. The van der Waals surface area contributed by atoms with Crippen molar-refractivity contribution < 1.29 is 24.0 Å². The molecule has 32 heavy (non-hydrogen) atoms. The number of nitro benzene ring substituents is 1. The van der Waals surface area contributed by atoms with E-state index in [1.807, 2.05) is 12.1 Å². The van der Waals surface area contributed by atoms with Crippen molar-refractivity contribution in [1.82, 2.24) is 5.32 Å². The Labute approximate surface area is 189 Å². The third kappa shape index (κ3) is 3.93.